The Labute approximate surface area is 178 Å². The number of aryl methyl sites for hydroxylation is 1. The van der Waals surface area contributed by atoms with Crippen molar-refractivity contribution in [2.24, 2.45) is 5.92 Å². The fourth-order valence-corrected chi connectivity index (χ4v) is 4.98. The first-order chi connectivity index (χ1) is 14.4. The number of aromatic nitrogens is 2. The molecule has 2 aromatic heterocycles. The molecule has 3 heterocycles. The van der Waals surface area contributed by atoms with Gasteiger partial charge in [0.1, 0.15) is 17.0 Å². The van der Waals surface area contributed by atoms with Crippen molar-refractivity contribution in [1.82, 2.24) is 14.9 Å². The van der Waals surface area contributed by atoms with Crippen molar-refractivity contribution in [3.05, 3.63) is 52.7 Å². The quantitative estimate of drug-likeness (QED) is 0.562. The molecule has 4 nitrogen and oxygen atoms in total. The van der Waals surface area contributed by atoms with Crippen molar-refractivity contribution in [3.8, 4) is 0 Å². The summed E-state index contributed by atoms with van der Waals surface area (Å²) in [7, 11) is 0. The van der Waals surface area contributed by atoms with Crippen LogP contribution in [0.3, 0.4) is 0 Å². The summed E-state index contributed by atoms with van der Waals surface area (Å²) in [6.45, 7) is 6.01. The second-order valence-corrected chi connectivity index (χ2v) is 9.09. The lowest BCUT2D eigenvalue weighted by atomic mass is 9.96. The van der Waals surface area contributed by atoms with Crippen LogP contribution in [0.5, 0.6) is 0 Å². The van der Waals surface area contributed by atoms with Crippen LogP contribution in [0.2, 0.25) is 0 Å². The molecule has 1 aliphatic rings. The number of nitrogens with one attached hydrogen (secondary N) is 1. The molecule has 8 heteroatoms. The van der Waals surface area contributed by atoms with E-state index in [1.54, 1.807) is 6.07 Å². The van der Waals surface area contributed by atoms with Crippen molar-refractivity contribution in [2.45, 2.75) is 38.9 Å². The summed E-state index contributed by atoms with van der Waals surface area (Å²) >= 11 is 1.08. The van der Waals surface area contributed by atoms with Crippen LogP contribution in [-0.2, 0) is 13.0 Å². The molecular weight excluding hydrogens is 409 g/mol. The number of hydrogen-bond acceptors (Lipinski definition) is 5. The van der Waals surface area contributed by atoms with Crippen LogP contribution in [0.25, 0.3) is 10.2 Å². The van der Waals surface area contributed by atoms with Crippen molar-refractivity contribution < 1.29 is 13.2 Å². The molecule has 1 saturated heterocycles. The van der Waals surface area contributed by atoms with E-state index >= 15 is 0 Å². The van der Waals surface area contributed by atoms with E-state index in [1.165, 1.54) is 17.5 Å². The number of alkyl halides is 3. The molecule has 0 saturated carbocycles. The Kier molecular flexibility index (Phi) is 6.24. The number of anilines is 1. The normalized spacial score (nSPS) is 16.3. The topological polar surface area (TPSA) is 41.0 Å². The molecular formula is C22H25F3N4S. The monoisotopic (exact) mass is 434 g/mol. The van der Waals surface area contributed by atoms with Crippen LogP contribution in [0.15, 0.2) is 36.7 Å². The number of rotatable bonds is 6. The van der Waals surface area contributed by atoms with Gasteiger partial charge in [-0.15, -0.1) is 11.3 Å². The second kappa shape index (κ2) is 8.89. The predicted octanol–water partition coefficient (Wildman–Crippen LogP) is 5.43. The van der Waals surface area contributed by atoms with Gasteiger partial charge in [-0.3, -0.25) is 4.90 Å². The van der Waals surface area contributed by atoms with Gasteiger partial charge in [0, 0.05) is 18.0 Å². The van der Waals surface area contributed by atoms with Gasteiger partial charge in [-0.1, -0.05) is 24.3 Å². The summed E-state index contributed by atoms with van der Waals surface area (Å²) in [4.78, 5) is 11.8. The standard InChI is InChI=1S/C22H25F3N4S/c1-15-4-2-3-5-17(15)13-29-8-6-16(7-9-29)12-26-20-19-10-18(11-22(23,24)25)30-21(19)28-14-27-20/h2-5,10,14,16H,6-9,11-13H2,1H3,(H,26,27,28). The molecule has 4 rings (SSSR count). The first-order valence-corrected chi connectivity index (χ1v) is 11.0. The van der Waals surface area contributed by atoms with Crippen LogP contribution < -0.4 is 5.32 Å². The molecule has 0 unspecified atom stereocenters. The van der Waals surface area contributed by atoms with Gasteiger partial charge in [0.05, 0.1) is 11.8 Å². The third-order valence-corrected chi connectivity index (χ3v) is 6.72. The minimum atomic E-state index is -4.21. The Morgan fingerprint density at radius 1 is 1.17 bits per heavy atom. The highest BCUT2D eigenvalue weighted by atomic mass is 32.1. The number of hydrogen-bond donors (Lipinski definition) is 1. The van der Waals surface area contributed by atoms with Gasteiger partial charge in [0.15, 0.2) is 0 Å². The Morgan fingerprint density at radius 2 is 1.93 bits per heavy atom. The first kappa shape index (κ1) is 21.1. The second-order valence-electron chi connectivity index (χ2n) is 7.97. The van der Waals surface area contributed by atoms with Gasteiger partial charge in [-0.05, 0) is 56.0 Å². The molecule has 0 amide bonds. The van der Waals surface area contributed by atoms with Gasteiger partial charge < -0.3 is 5.32 Å². The maximum Gasteiger partial charge on any atom is 0.393 e. The highest BCUT2D eigenvalue weighted by Crippen LogP contribution is 2.32. The van der Waals surface area contributed by atoms with E-state index < -0.39 is 12.6 Å². The Bertz CT molecular complexity index is 993. The molecule has 0 radical (unpaired) electrons. The predicted molar refractivity (Wildman–Crippen MR) is 115 cm³/mol. The zero-order chi connectivity index (χ0) is 21.1. The molecule has 3 aromatic rings. The van der Waals surface area contributed by atoms with Gasteiger partial charge in [-0.2, -0.15) is 13.2 Å². The number of halogens is 3. The van der Waals surface area contributed by atoms with Crippen LogP contribution in [0.4, 0.5) is 19.0 Å². The average molecular weight is 435 g/mol. The van der Waals surface area contributed by atoms with Crippen molar-refractivity contribution in [1.29, 1.82) is 0 Å². The highest BCUT2D eigenvalue weighted by Gasteiger charge is 2.29. The van der Waals surface area contributed by atoms with Gasteiger partial charge in [-0.25, -0.2) is 9.97 Å². The molecule has 1 fully saturated rings. The lowest BCUT2D eigenvalue weighted by Gasteiger charge is -2.32. The fourth-order valence-electron chi connectivity index (χ4n) is 3.95. The molecule has 1 aliphatic heterocycles. The van der Waals surface area contributed by atoms with Crippen molar-refractivity contribution in [3.63, 3.8) is 0 Å². The maximum absolute atomic E-state index is 12.7. The highest BCUT2D eigenvalue weighted by molar-refractivity contribution is 7.18. The summed E-state index contributed by atoms with van der Waals surface area (Å²) in [6.07, 6.45) is -1.53. The Morgan fingerprint density at radius 3 is 2.67 bits per heavy atom. The molecule has 1 aromatic carbocycles. The van der Waals surface area contributed by atoms with Crippen LogP contribution >= 0.6 is 11.3 Å². The average Bonchev–Trinajstić information content (AvgIpc) is 3.10. The number of thiophene rings is 1. The minimum absolute atomic E-state index is 0.269. The molecule has 160 valence electrons. The van der Waals surface area contributed by atoms with Crippen LogP contribution in [0, 0.1) is 12.8 Å². The zero-order valence-electron chi connectivity index (χ0n) is 16.9. The largest absolute Gasteiger partial charge is 0.393 e. The molecule has 0 spiro atoms. The lowest BCUT2D eigenvalue weighted by Crippen LogP contribution is -2.35. The van der Waals surface area contributed by atoms with E-state index in [4.69, 9.17) is 0 Å². The fraction of sp³-hybridized carbons (Fsp3) is 0.455. The van der Waals surface area contributed by atoms with E-state index in [1.807, 2.05) is 0 Å². The Hall–Kier alpha value is -2.19. The van der Waals surface area contributed by atoms with Gasteiger partial charge in [0.2, 0.25) is 0 Å². The number of fused-ring (bicyclic) bond motifs is 1. The molecule has 1 N–H and O–H groups in total. The molecule has 0 bridgehead atoms. The zero-order valence-corrected chi connectivity index (χ0v) is 17.7. The van der Waals surface area contributed by atoms with E-state index in [0.717, 1.165) is 50.4 Å². The van der Waals surface area contributed by atoms with E-state index in [2.05, 4.69) is 51.4 Å². The number of nitrogens with zero attached hydrogens (tertiary/aromatic N) is 3. The number of benzene rings is 1. The minimum Gasteiger partial charge on any atom is -0.369 e. The van der Waals surface area contributed by atoms with Crippen LogP contribution in [-0.4, -0.2) is 40.7 Å². The summed E-state index contributed by atoms with van der Waals surface area (Å²) < 4.78 is 38.1. The van der Waals surface area contributed by atoms with E-state index in [-0.39, 0.29) is 4.88 Å². The smallest absolute Gasteiger partial charge is 0.369 e. The molecule has 30 heavy (non-hydrogen) atoms. The van der Waals surface area contributed by atoms with Crippen molar-refractivity contribution in [2.75, 3.05) is 25.0 Å². The molecule has 0 atom stereocenters. The van der Waals surface area contributed by atoms with E-state index in [0.29, 0.717) is 22.0 Å². The SMILES string of the molecule is Cc1ccccc1CN1CCC(CNc2ncnc3sc(CC(F)(F)F)cc23)CC1. The summed E-state index contributed by atoms with van der Waals surface area (Å²) in [5.41, 5.74) is 2.71. The van der Waals surface area contributed by atoms with Crippen molar-refractivity contribution >= 4 is 27.4 Å². The number of likely N-dealkylation sites (tertiary alicyclic amines) is 1. The molecule has 0 aliphatic carbocycles. The lowest BCUT2D eigenvalue weighted by molar-refractivity contribution is -0.126. The Balaban J connectivity index is 1.32. The first-order valence-electron chi connectivity index (χ1n) is 10.2. The summed E-state index contributed by atoms with van der Waals surface area (Å²) in [5.74, 6) is 1.16. The van der Waals surface area contributed by atoms with Crippen LogP contribution in [0.1, 0.15) is 28.8 Å². The third-order valence-electron chi connectivity index (χ3n) is 5.68. The summed E-state index contributed by atoms with van der Waals surface area (Å²) in [5, 5.41) is 4.04. The van der Waals surface area contributed by atoms with E-state index in [9.17, 15) is 13.2 Å². The van der Waals surface area contributed by atoms with Gasteiger partial charge in [0.25, 0.3) is 0 Å². The van der Waals surface area contributed by atoms with Gasteiger partial charge >= 0.3 is 6.18 Å². The number of piperidine rings is 1. The summed E-state index contributed by atoms with van der Waals surface area (Å²) in [6, 6.07) is 10.1. The third kappa shape index (κ3) is 5.29. The maximum atomic E-state index is 12.7.